The van der Waals surface area contributed by atoms with E-state index in [1.807, 2.05) is 25.2 Å². The SMILES string of the molecule is CCC(C)(C)c1sc(C(C)(C)C)c(OC(C)COC)c1OC(C)COC. The first-order valence-electron chi connectivity index (χ1n) is 9.46. The molecule has 0 bridgehead atoms. The number of hydrogen-bond acceptors (Lipinski definition) is 5. The normalized spacial score (nSPS) is 15.0. The zero-order valence-corrected chi connectivity index (χ0v) is 19.1. The van der Waals surface area contributed by atoms with E-state index < -0.39 is 0 Å². The smallest absolute Gasteiger partial charge is 0.176 e. The Hall–Kier alpha value is -0.780. The van der Waals surface area contributed by atoms with E-state index in [-0.39, 0.29) is 23.0 Å². The van der Waals surface area contributed by atoms with Crippen molar-refractivity contribution in [2.24, 2.45) is 0 Å². The maximum Gasteiger partial charge on any atom is 0.176 e. The van der Waals surface area contributed by atoms with Gasteiger partial charge in [0.25, 0.3) is 0 Å². The Balaban J connectivity index is 3.52. The van der Waals surface area contributed by atoms with Gasteiger partial charge in [-0.1, -0.05) is 41.5 Å². The highest BCUT2D eigenvalue weighted by atomic mass is 32.1. The molecule has 152 valence electrons. The summed E-state index contributed by atoms with van der Waals surface area (Å²) in [7, 11) is 3.39. The van der Waals surface area contributed by atoms with E-state index in [2.05, 4.69) is 41.5 Å². The molecule has 0 saturated heterocycles. The Bertz CT molecular complexity index is 557. The average Bonchev–Trinajstić information content (AvgIpc) is 2.87. The lowest BCUT2D eigenvalue weighted by Crippen LogP contribution is -2.23. The van der Waals surface area contributed by atoms with Gasteiger partial charge in [-0.3, -0.25) is 0 Å². The summed E-state index contributed by atoms with van der Waals surface area (Å²) in [6, 6.07) is 0. The lowest BCUT2D eigenvalue weighted by atomic mass is 9.87. The highest BCUT2D eigenvalue weighted by molar-refractivity contribution is 7.13. The van der Waals surface area contributed by atoms with E-state index in [1.54, 1.807) is 14.2 Å². The number of thiophene rings is 1. The van der Waals surface area contributed by atoms with Gasteiger partial charge in [0, 0.05) is 25.0 Å². The molecule has 26 heavy (non-hydrogen) atoms. The van der Waals surface area contributed by atoms with Gasteiger partial charge in [-0.15, -0.1) is 11.3 Å². The van der Waals surface area contributed by atoms with E-state index in [4.69, 9.17) is 18.9 Å². The van der Waals surface area contributed by atoms with Crippen LogP contribution in [0.15, 0.2) is 0 Å². The third-order valence-electron chi connectivity index (χ3n) is 4.44. The van der Waals surface area contributed by atoms with Gasteiger partial charge in [0.2, 0.25) is 0 Å². The number of ether oxygens (including phenoxy) is 4. The van der Waals surface area contributed by atoms with Crippen LogP contribution in [0.1, 0.15) is 71.6 Å². The fourth-order valence-corrected chi connectivity index (χ4v) is 4.05. The van der Waals surface area contributed by atoms with Crippen molar-refractivity contribution in [1.29, 1.82) is 0 Å². The summed E-state index contributed by atoms with van der Waals surface area (Å²) in [5, 5.41) is 0. The van der Waals surface area contributed by atoms with Crippen molar-refractivity contribution in [3.05, 3.63) is 9.75 Å². The van der Waals surface area contributed by atoms with Crippen LogP contribution in [0.4, 0.5) is 0 Å². The second-order valence-corrected chi connectivity index (χ2v) is 9.69. The van der Waals surface area contributed by atoms with Gasteiger partial charge in [0.1, 0.15) is 12.2 Å². The second kappa shape index (κ2) is 9.43. The summed E-state index contributed by atoms with van der Waals surface area (Å²) in [5.41, 5.74) is -0.0175. The molecule has 0 spiro atoms. The fourth-order valence-electron chi connectivity index (χ4n) is 2.65. The molecule has 5 heteroatoms. The molecule has 0 radical (unpaired) electrons. The van der Waals surface area contributed by atoms with E-state index in [1.165, 1.54) is 9.75 Å². The van der Waals surface area contributed by atoms with Crippen molar-refractivity contribution in [3.63, 3.8) is 0 Å². The van der Waals surface area contributed by atoms with Crippen molar-refractivity contribution < 1.29 is 18.9 Å². The predicted molar refractivity (Wildman–Crippen MR) is 110 cm³/mol. The molecule has 0 saturated carbocycles. The quantitative estimate of drug-likeness (QED) is 0.527. The average molecular weight is 387 g/mol. The third kappa shape index (κ3) is 5.86. The van der Waals surface area contributed by atoms with Gasteiger partial charge >= 0.3 is 0 Å². The van der Waals surface area contributed by atoms with Crippen molar-refractivity contribution >= 4 is 11.3 Å². The van der Waals surface area contributed by atoms with Crippen molar-refractivity contribution in [1.82, 2.24) is 0 Å². The van der Waals surface area contributed by atoms with Crippen LogP contribution >= 0.6 is 11.3 Å². The topological polar surface area (TPSA) is 36.9 Å². The van der Waals surface area contributed by atoms with Crippen LogP contribution in [0.3, 0.4) is 0 Å². The van der Waals surface area contributed by atoms with Gasteiger partial charge in [-0.25, -0.2) is 0 Å². The molecule has 1 aromatic heterocycles. The zero-order valence-electron chi connectivity index (χ0n) is 18.3. The first-order valence-corrected chi connectivity index (χ1v) is 10.3. The first kappa shape index (κ1) is 23.3. The standard InChI is InChI=1S/C21H38O4S/c1-11-21(7,8)19-17(25-15(3)13-23-10)16(24-14(2)12-22-9)18(26-19)20(4,5)6/h14-15H,11-13H2,1-10H3. The van der Waals surface area contributed by atoms with E-state index in [0.717, 1.165) is 17.9 Å². The molecule has 2 atom stereocenters. The minimum absolute atomic E-state index is 0.0128. The molecule has 1 aromatic rings. The molecule has 0 aromatic carbocycles. The second-order valence-electron chi connectivity index (χ2n) is 8.67. The van der Waals surface area contributed by atoms with Crippen molar-refractivity contribution in [3.8, 4) is 11.5 Å². The van der Waals surface area contributed by atoms with E-state index in [9.17, 15) is 0 Å². The molecule has 0 N–H and O–H groups in total. The molecular formula is C21H38O4S. The molecular weight excluding hydrogens is 348 g/mol. The Morgan fingerprint density at radius 3 is 1.58 bits per heavy atom. The fraction of sp³-hybridized carbons (Fsp3) is 0.810. The molecule has 0 amide bonds. The Morgan fingerprint density at radius 2 is 1.23 bits per heavy atom. The predicted octanol–water partition coefficient (Wildman–Crippen LogP) is 5.56. The highest BCUT2D eigenvalue weighted by Gasteiger charge is 2.35. The van der Waals surface area contributed by atoms with Gasteiger partial charge in [-0.05, 0) is 20.3 Å². The number of hydrogen-bond donors (Lipinski definition) is 0. The molecule has 1 heterocycles. The number of rotatable bonds is 10. The number of methoxy groups -OCH3 is 2. The molecule has 0 aliphatic heterocycles. The van der Waals surface area contributed by atoms with Gasteiger partial charge in [-0.2, -0.15) is 0 Å². The Kier molecular flexibility index (Phi) is 8.43. The van der Waals surface area contributed by atoms with Crippen LogP contribution in [0.2, 0.25) is 0 Å². The summed E-state index contributed by atoms with van der Waals surface area (Å²) >= 11 is 1.81. The summed E-state index contributed by atoms with van der Waals surface area (Å²) < 4.78 is 23.3. The molecule has 0 aliphatic rings. The van der Waals surface area contributed by atoms with Crippen molar-refractivity contribution in [2.45, 2.75) is 84.8 Å². The molecule has 1 rings (SSSR count). The largest absolute Gasteiger partial charge is 0.483 e. The zero-order chi connectivity index (χ0) is 20.1. The monoisotopic (exact) mass is 386 g/mol. The maximum atomic E-state index is 6.38. The van der Waals surface area contributed by atoms with Crippen LogP contribution in [0.25, 0.3) is 0 Å². The Morgan fingerprint density at radius 1 is 0.808 bits per heavy atom. The molecule has 4 nitrogen and oxygen atoms in total. The lowest BCUT2D eigenvalue weighted by Gasteiger charge is -2.25. The van der Waals surface area contributed by atoms with Crippen LogP contribution in [0.5, 0.6) is 11.5 Å². The van der Waals surface area contributed by atoms with Gasteiger partial charge in [0.15, 0.2) is 11.5 Å². The third-order valence-corrected chi connectivity index (χ3v) is 6.39. The molecule has 0 aliphatic carbocycles. The summed E-state index contributed by atoms with van der Waals surface area (Å²) in [6.07, 6.45) is 0.932. The van der Waals surface area contributed by atoms with Crippen LogP contribution < -0.4 is 9.47 Å². The summed E-state index contributed by atoms with van der Waals surface area (Å²) in [4.78, 5) is 2.46. The Labute approximate surface area is 164 Å². The molecule has 0 fully saturated rings. The van der Waals surface area contributed by atoms with E-state index in [0.29, 0.717) is 13.2 Å². The van der Waals surface area contributed by atoms with Gasteiger partial charge in [0.05, 0.1) is 23.0 Å². The van der Waals surface area contributed by atoms with E-state index >= 15 is 0 Å². The van der Waals surface area contributed by atoms with Crippen LogP contribution in [-0.4, -0.2) is 39.6 Å². The first-order chi connectivity index (χ1) is 12.0. The van der Waals surface area contributed by atoms with Crippen LogP contribution in [0, 0.1) is 0 Å². The minimum atomic E-state index is -0.0478. The minimum Gasteiger partial charge on any atom is -0.483 e. The van der Waals surface area contributed by atoms with Gasteiger partial charge < -0.3 is 18.9 Å². The maximum absolute atomic E-state index is 6.38. The van der Waals surface area contributed by atoms with Crippen LogP contribution in [-0.2, 0) is 20.3 Å². The highest BCUT2D eigenvalue weighted by Crippen LogP contribution is 2.53. The lowest BCUT2D eigenvalue weighted by molar-refractivity contribution is 0.0734. The molecule has 2 unspecified atom stereocenters. The van der Waals surface area contributed by atoms with Crippen molar-refractivity contribution in [2.75, 3.05) is 27.4 Å². The summed E-state index contributed by atoms with van der Waals surface area (Å²) in [5.74, 6) is 1.74. The summed E-state index contributed by atoms with van der Waals surface area (Å²) in [6.45, 7) is 18.5.